The number of nitrogens with zero attached hydrogens (tertiary/aromatic N) is 2. The molecule has 1 aromatic carbocycles. The molecule has 0 bridgehead atoms. The molecule has 0 unspecified atom stereocenters. The monoisotopic (exact) mass is 401 g/mol. The first-order valence-electron chi connectivity index (χ1n) is 9.02. The molecule has 1 aliphatic heterocycles. The highest BCUT2D eigenvalue weighted by atomic mass is 35.5. The van der Waals surface area contributed by atoms with E-state index < -0.39 is 10.0 Å². The van der Waals surface area contributed by atoms with Crippen LogP contribution in [0.2, 0.25) is 0 Å². The molecule has 6 nitrogen and oxygen atoms in total. The van der Waals surface area contributed by atoms with Crippen molar-refractivity contribution in [1.82, 2.24) is 9.21 Å². The number of sulfonamides is 1. The van der Waals surface area contributed by atoms with Crippen molar-refractivity contribution in [2.24, 2.45) is 17.6 Å². The van der Waals surface area contributed by atoms with Crippen LogP contribution in [0.25, 0.3) is 0 Å². The Bertz CT molecular complexity index is 691. The number of halogens is 1. The third-order valence-corrected chi connectivity index (χ3v) is 7.26. The van der Waals surface area contributed by atoms with Crippen molar-refractivity contribution in [3.05, 3.63) is 35.9 Å². The minimum Gasteiger partial charge on any atom is -0.340 e. The highest BCUT2D eigenvalue weighted by Crippen LogP contribution is 2.32. The number of rotatable bonds is 5. The molecule has 0 radical (unpaired) electrons. The van der Waals surface area contributed by atoms with Crippen LogP contribution in [-0.2, 0) is 20.6 Å². The lowest BCUT2D eigenvalue weighted by Gasteiger charge is -2.36. The summed E-state index contributed by atoms with van der Waals surface area (Å²) < 4.78 is 26.7. The molecule has 2 atom stereocenters. The van der Waals surface area contributed by atoms with Gasteiger partial charge in [-0.25, -0.2) is 8.42 Å². The molecule has 3 rings (SSSR count). The summed E-state index contributed by atoms with van der Waals surface area (Å²) in [7, 11) is -3.34. The maximum atomic E-state index is 12.7. The number of carbonyl (C=O) groups is 1. The predicted octanol–water partition coefficient (Wildman–Crippen LogP) is 1.46. The zero-order chi connectivity index (χ0) is 17.9. The largest absolute Gasteiger partial charge is 0.340 e. The second-order valence-electron chi connectivity index (χ2n) is 7.00. The van der Waals surface area contributed by atoms with E-state index in [0.29, 0.717) is 32.7 Å². The zero-order valence-electron chi connectivity index (χ0n) is 14.9. The molecule has 1 saturated carbocycles. The number of hydrogen-bond acceptors (Lipinski definition) is 4. The van der Waals surface area contributed by atoms with Gasteiger partial charge in [-0.2, -0.15) is 4.31 Å². The molecule has 8 heteroatoms. The molecule has 26 heavy (non-hydrogen) atoms. The Kier molecular flexibility index (Phi) is 7.46. The predicted molar refractivity (Wildman–Crippen MR) is 104 cm³/mol. The number of nitrogens with two attached hydrogens (primary N) is 1. The van der Waals surface area contributed by atoms with Crippen molar-refractivity contribution in [3.63, 3.8) is 0 Å². The zero-order valence-corrected chi connectivity index (χ0v) is 16.6. The fourth-order valence-electron chi connectivity index (χ4n) is 3.94. The van der Waals surface area contributed by atoms with Gasteiger partial charge in [0, 0.05) is 32.1 Å². The summed E-state index contributed by atoms with van der Waals surface area (Å²) in [5.41, 5.74) is 6.58. The molecule has 146 valence electrons. The van der Waals surface area contributed by atoms with Gasteiger partial charge in [-0.05, 0) is 30.9 Å². The van der Waals surface area contributed by atoms with Gasteiger partial charge in [-0.1, -0.05) is 36.8 Å². The Morgan fingerprint density at radius 3 is 2.35 bits per heavy atom. The second-order valence-corrected chi connectivity index (χ2v) is 8.97. The Morgan fingerprint density at radius 1 is 1.08 bits per heavy atom. The average Bonchev–Trinajstić information content (AvgIpc) is 3.10. The maximum absolute atomic E-state index is 12.7. The highest BCUT2D eigenvalue weighted by Gasteiger charge is 2.37. The third kappa shape index (κ3) is 4.76. The lowest BCUT2D eigenvalue weighted by Crippen LogP contribution is -2.52. The smallest absolute Gasteiger partial charge is 0.226 e. The first-order chi connectivity index (χ1) is 12.0. The topological polar surface area (TPSA) is 83.7 Å². The SMILES string of the molecule is Cl.NC[C@H]1CCC[C@H]1C(=O)N1CCN(S(=O)(=O)Cc2ccccc2)CC1. The van der Waals surface area contributed by atoms with Gasteiger partial charge in [-0.15, -0.1) is 12.4 Å². The number of benzene rings is 1. The van der Waals surface area contributed by atoms with Gasteiger partial charge in [0.25, 0.3) is 0 Å². The highest BCUT2D eigenvalue weighted by molar-refractivity contribution is 7.88. The average molecular weight is 402 g/mol. The third-order valence-electron chi connectivity index (χ3n) is 5.41. The fourth-order valence-corrected chi connectivity index (χ4v) is 5.46. The first-order valence-corrected chi connectivity index (χ1v) is 10.6. The molecule has 1 aliphatic carbocycles. The van der Waals surface area contributed by atoms with Crippen molar-refractivity contribution in [1.29, 1.82) is 0 Å². The van der Waals surface area contributed by atoms with E-state index >= 15 is 0 Å². The minimum atomic E-state index is -3.34. The van der Waals surface area contributed by atoms with Crippen LogP contribution in [0.5, 0.6) is 0 Å². The summed E-state index contributed by atoms with van der Waals surface area (Å²) in [6, 6.07) is 9.21. The molecule has 1 aromatic rings. The Labute approximate surface area is 162 Å². The molecular formula is C18H28ClN3O3S. The molecule has 1 amide bonds. The molecular weight excluding hydrogens is 374 g/mol. The number of amides is 1. The van der Waals surface area contributed by atoms with E-state index in [1.165, 1.54) is 4.31 Å². The minimum absolute atomic E-state index is 0. The molecule has 2 fully saturated rings. The van der Waals surface area contributed by atoms with E-state index in [-0.39, 0.29) is 35.9 Å². The van der Waals surface area contributed by atoms with Crippen LogP contribution in [0, 0.1) is 11.8 Å². The summed E-state index contributed by atoms with van der Waals surface area (Å²) in [6.45, 7) is 2.25. The van der Waals surface area contributed by atoms with Crippen molar-refractivity contribution in [2.75, 3.05) is 32.7 Å². The Hall–Kier alpha value is -1.15. The van der Waals surface area contributed by atoms with Gasteiger partial charge in [-0.3, -0.25) is 4.79 Å². The van der Waals surface area contributed by atoms with Gasteiger partial charge in [0.1, 0.15) is 0 Å². The van der Waals surface area contributed by atoms with Crippen LogP contribution in [0.3, 0.4) is 0 Å². The quantitative estimate of drug-likeness (QED) is 0.809. The van der Waals surface area contributed by atoms with Crippen LogP contribution in [0.1, 0.15) is 24.8 Å². The van der Waals surface area contributed by atoms with Crippen molar-refractivity contribution in [2.45, 2.75) is 25.0 Å². The molecule has 0 aromatic heterocycles. The van der Waals surface area contributed by atoms with Crippen LogP contribution in [0.4, 0.5) is 0 Å². The van der Waals surface area contributed by atoms with E-state index in [0.717, 1.165) is 24.8 Å². The molecule has 1 saturated heterocycles. The summed E-state index contributed by atoms with van der Waals surface area (Å²) >= 11 is 0. The van der Waals surface area contributed by atoms with E-state index in [2.05, 4.69) is 0 Å². The summed E-state index contributed by atoms with van der Waals surface area (Å²) in [6.07, 6.45) is 3.00. The standard InChI is InChI=1S/C18H27N3O3S.ClH/c19-13-16-7-4-8-17(16)18(22)20-9-11-21(12-10-20)25(23,24)14-15-5-2-1-3-6-15;/h1-3,5-6,16-17H,4,7-14,19H2;1H/t16-,17-;/m1./s1. The maximum Gasteiger partial charge on any atom is 0.226 e. The number of piperazine rings is 1. The van der Waals surface area contributed by atoms with Crippen LogP contribution >= 0.6 is 12.4 Å². The summed E-state index contributed by atoms with van der Waals surface area (Å²) in [5.74, 6) is 0.484. The van der Waals surface area contributed by atoms with Crippen molar-refractivity contribution in [3.8, 4) is 0 Å². The van der Waals surface area contributed by atoms with Gasteiger partial charge < -0.3 is 10.6 Å². The van der Waals surface area contributed by atoms with E-state index in [1.54, 1.807) is 0 Å². The normalized spacial score (nSPS) is 24.3. The molecule has 0 spiro atoms. The molecule has 2 N–H and O–H groups in total. The van der Waals surface area contributed by atoms with Crippen molar-refractivity contribution < 1.29 is 13.2 Å². The second kappa shape index (κ2) is 9.17. The van der Waals surface area contributed by atoms with Gasteiger partial charge in [0.05, 0.1) is 5.75 Å². The van der Waals surface area contributed by atoms with Crippen LogP contribution in [-0.4, -0.2) is 56.3 Å². The summed E-state index contributed by atoms with van der Waals surface area (Å²) in [5, 5.41) is 0. The van der Waals surface area contributed by atoms with E-state index in [4.69, 9.17) is 5.73 Å². The number of carbonyl (C=O) groups excluding carboxylic acids is 1. The molecule has 2 aliphatic rings. The van der Waals surface area contributed by atoms with E-state index in [1.807, 2.05) is 35.2 Å². The van der Waals surface area contributed by atoms with Crippen molar-refractivity contribution >= 4 is 28.3 Å². The summed E-state index contributed by atoms with van der Waals surface area (Å²) in [4.78, 5) is 14.5. The van der Waals surface area contributed by atoms with Crippen LogP contribution < -0.4 is 5.73 Å². The Morgan fingerprint density at radius 2 is 1.73 bits per heavy atom. The van der Waals surface area contributed by atoms with E-state index in [9.17, 15) is 13.2 Å². The van der Waals surface area contributed by atoms with Gasteiger partial charge in [0.15, 0.2) is 0 Å². The van der Waals surface area contributed by atoms with Crippen LogP contribution in [0.15, 0.2) is 30.3 Å². The fraction of sp³-hybridized carbons (Fsp3) is 0.611. The lowest BCUT2D eigenvalue weighted by atomic mass is 9.94. The Balaban J connectivity index is 0.00000243. The molecule has 1 heterocycles. The lowest BCUT2D eigenvalue weighted by molar-refractivity contribution is -0.137. The van der Waals surface area contributed by atoms with Gasteiger partial charge >= 0.3 is 0 Å². The first kappa shape index (κ1) is 21.2. The van der Waals surface area contributed by atoms with Gasteiger partial charge in [0.2, 0.25) is 15.9 Å². The number of hydrogen-bond donors (Lipinski definition) is 1.